The van der Waals surface area contributed by atoms with Gasteiger partial charge in [-0.2, -0.15) is 0 Å². The van der Waals surface area contributed by atoms with Crippen molar-refractivity contribution < 1.29 is 4.84 Å². The first kappa shape index (κ1) is 13.8. The first-order chi connectivity index (χ1) is 10.2. The molecule has 0 amide bonds. The summed E-state index contributed by atoms with van der Waals surface area (Å²) in [7, 11) is 1.88. The van der Waals surface area contributed by atoms with Gasteiger partial charge in [-0.1, -0.05) is 40.2 Å². The lowest BCUT2D eigenvalue weighted by molar-refractivity contribution is 0.0847. The zero-order valence-corrected chi connectivity index (χ0v) is 12.3. The molecule has 1 aliphatic rings. The van der Waals surface area contributed by atoms with Crippen LogP contribution in [0.25, 0.3) is 0 Å². The fourth-order valence-electron chi connectivity index (χ4n) is 2.29. The first-order valence-corrected chi connectivity index (χ1v) is 7.06. The predicted molar refractivity (Wildman–Crippen MR) is 79.9 cm³/mol. The van der Waals surface area contributed by atoms with Crippen molar-refractivity contribution in [2.24, 2.45) is 12.2 Å². The third kappa shape index (κ3) is 3.28. The standard InChI is InChI=1S/C15H19N5O/c1-11-3-5-12(6-4-11)15-7-14(21-18-15)10-16-8-13-9-17-19-20(13)2/h3-6,9,14,16H,7-8,10H2,1-2H3. The third-order valence-electron chi connectivity index (χ3n) is 3.60. The lowest BCUT2D eigenvalue weighted by Crippen LogP contribution is -2.27. The second kappa shape index (κ2) is 6.05. The fraction of sp³-hybridized carbons (Fsp3) is 0.400. The molecule has 1 aromatic heterocycles. The molecule has 1 aromatic carbocycles. The highest BCUT2D eigenvalue weighted by atomic mass is 16.6. The lowest BCUT2D eigenvalue weighted by atomic mass is 10.0. The van der Waals surface area contributed by atoms with Crippen molar-refractivity contribution in [3.63, 3.8) is 0 Å². The molecule has 110 valence electrons. The van der Waals surface area contributed by atoms with Gasteiger partial charge in [-0.15, -0.1) is 5.10 Å². The Kier molecular flexibility index (Phi) is 3.96. The van der Waals surface area contributed by atoms with Crippen molar-refractivity contribution in [1.82, 2.24) is 20.3 Å². The minimum atomic E-state index is 0.0856. The molecule has 0 radical (unpaired) electrons. The number of nitrogens with zero attached hydrogens (tertiary/aromatic N) is 4. The number of hydrogen-bond acceptors (Lipinski definition) is 5. The Morgan fingerprint density at radius 3 is 2.86 bits per heavy atom. The van der Waals surface area contributed by atoms with Crippen molar-refractivity contribution in [3.05, 3.63) is 47.3 Å². The van der Waals surface area contributed by atoms with Gasteiger partial charge in [0, 0.05) is 26.6 Å². The van der Waals surface area contributed by atoms with Gasteiger partial charge in [0.2, 0.25) is 0 Å². The van der Waals surface area contributed by atoms with E-state index in [0.29, 0.717) is 0 Å². The molecule has 3 rings (SSSR count). The molecule has 1 atom stereocenters. The molecule has 2 aromatic rings. The highest BCUT2D eigenvalue weighted by Gasteiger charge is 2.21. The van der Waals surface area contributed by atoms with Crippen molar-refractivity contribution in [1.29, 1.82) is 0 Å². The molecule has 1 unspecified atom stereocenters. The zero-order chi connectivity index (χ0) is 14.7. The largest absolute Gasteiger partial charge is 0.390 e. The topological polar surface area (TPSA) is 64.3 Å². The Morgan fingerprint density at radius 2 is 2.14 bits per heavy atom. The van der Waals surface area contributed by atoms with Crippen LogP contribution in [0.2, 0.25) is 0 Å². The van der Waals surface area contributed by atoms with E-state index >= 15 is 0 Å². The van der Waals surface area contributed by atoms with Gasteiger partial charge in [0.1, 0.15) is 6.10 Å². The van der Waals surface area contributed by atoms with Crippen LogP contribution < -0.4 is 5.32 Å². The Hall–Kier alpha value is -2.21. The summed E-state index contributed by atoms with van der Waals surface area (Å²) < 4.78 is 1.76. The summed E-state index contributed by atoms with van der Waals surface area (Å²) in [6, 6.07) is 8.38. The average Bonchev–Trinajstić information content (AvgIpc) is 3.10. The van der Waals surface area contributed by atoms with Gasteiger partial charge in [0.05, 0.1) is 17.6 Å². The zero-order valence-electron chi connectivity index (χ0n) is 12.3. The second-order valence-corrected chi connectivity index (χ2v) is 5.32. The summed E-state index contributed by atoms with van der Waals surface area (Å²) >= 11 is 0. The van der Waals surface area contributed by atoms with Crippen molar-refractivity contribution in [3.8, 4) is 0 Å². The highest BCUT2D eigenvalue weighted by molar-refractivity contribution is 6.01. The smallest absolute Gasteiger partial charge is 0.145 e. The Bertz CT molecular complexity index is 632. The molecule has 0 bridgehead atoms. The Balaban J connectivity index is 1.48. The van der Waals surface area contributed by atoms with Crippen LogP contribution in [0.15, 0.2) is 35.6 Å². The van der Waals surface area contributed by atoms with E-state index in [1.165, 1.54) is 5.56 Å². The van der Waals surface area contributed by atoms with Gasteiger partial charge in [-0.25, -0.2) is 0 Å². The van der Waals surface area contributed by atoms with Crippen LogP contribution in [-0.2, 0) is 18.4 Å². The molecule has 0 saturated carbocycles. The summed E-state index contributed by atoms with van der Waals surface area (Å²) in [5.41, 5.74) is 4.46. The number of oxime groups is 1. The molecule has 1 N–H and O–H groups in total. The van der Waals surface area contributed by atoms with Crippen LogP contribution in [0, 0.1) is 6.92 Å². The molecule has 6 nitrogen and oxygen atoms in total. The number of aryl methyl sites for hydroxylation is 2. The third-order valence-corrected chi connectivity index (χ3v) is 3.60. The van der Waals surface area contributed by atoms with Crippen LogP contribution in [0.3, 0.4) is 0 Å². The van der Waals surface area contributed by atoms with E-state index in [4.69, 9.17) is 4.84 Å². The normalized spacial score (nSPS) is 17.6. The van der Waals surface area contributed by atoms with Gasteiger partial charge in [0.25, 0.3) is 0 Å². The number of aromatic nitrogens is 3. The van der Waals surface area contributed by atoms with Crippen LogP contribution in [0.4, 0.5) is 0 Å². The number of nitrogens with one attached hydrogen (secondary N) is 1. The van der Waals surface area contributed by atoms with E-state index in [1.54, 1.807) is 10.9 Å². The molecule has 2 heterocycles. The Labute approximate surface area is 123 Å². The lowest BCUT2D eigenvalue weighted by Gasteiger charge is -2.09. The minimum absolute atomic E-state index is 0.0856. The van der Waals surface area contributed by atoms with Gasteiger partial charge >= 0.3 is 0 Å². The van der Waals surface area contributed by atoms with Crippen LogP contribution in [0.1, 0.15) is 23.2 Å². The van der Waals surface area contributed by atoms with E-state index < -0.39 is 0 Å². The van der Waals surface area contributed by atoms with E-state index in [2.05, 4.69) is 52.0 Å². The Morgan fingerprint density at radius 1 is 1.33 bits per heavy atom. The molecule has 1 aliphatic heterocycles. The highest BCUT2D eigenvalue weighted by Crippen LogP contribution is 2.16. The van der Waals surface area contributed by atoms with E-state index in [-0.39, 0.29) is 6.10 Å². The van der Waals surface area contributed by atoms with E-state index in [1.807, 2.05) is 7.05 Å². The summed E-state index contributed by atoms with van der Waals surface area (Å²) in [5, 5.41) is 15.3. The maximum atomic E-state index is 5.49. The van der Waals surface area contributed by atoms with E-state index in [9.17, 15) is 0 Å². The molecule has 0 saturated heterocycles. The summed E-state index contributed by atoms with van der Waals surface area (Å²) in [6.07, 6.45) is 2.68. The van der Waals surface area contributed by atoms with Crippen molar-refractivity contribution in [2.45, 2.75) is 26.0 Å². The fourth-order valence-corrected chi connectivity index (χ4v) is 2.29. The van der Waals surface area contributed by atoms with Crippen molar-refractivity contribution >= 4 is 5.71 Å². The van der Waals surface area contributed by atoms with Gasteiger partial charge in [-0.05, 0) is 12.5 Å². The predicted octanol–water partition coefficient (Wildman–Crippen LogP) is 1.41. The van der Waals surface area contributed by atoms with Crippen LogP contribution in [0.5, 0.6) is 0 Å². The summed E-state index contributed by atoms with van der Waals surface area (Å²) in [4.78, 5) is 5.49. The molecular weight excluding hydrogens is 266 g/mol. The monoisotopic (exact) mass is 285 g/mol. The van der Waals surface area contributed by atoms with Gasteiger partial charge in [0.15, 0.2) is 0 Å². The number of rotatable bonds is 5. The number of hydrogen-bond donors (Lipinski definition) is 1. The second-order valence-electron chi connectivity index (χ2n) is 5.32. The molecular formula is C15H19N5O. The van der Waals surface area contributed by atoms with Crippen LogP contribution in [-0.4, -0.2) is 33.4 Å². The minimum Gasteiger partial charge on any atom is -0.390 e. The average molecular weight is 285 g/mol. The van der Waals surface area contributed by atoms with Gasteiger partial charge < -0.3 is 10.2 Å². The quantitative estimate of drug-likeness (QED) is 0.902. The van der Waals surface area contributed by atoms with Gasteiger partial charge in [-0.3, -0.25) is 4.68 Å². The first-order valence-electron chi connectivity index (χ1n) is 7.06. The molecule has 0 spiro atoms. The van der Waals surface area contributed by atoms with E-state index in [0.717, 1.165) is 36.5 Å². The maximum Gasteiger partial charge on any atom is 0.145 e. The maximum absolute atomic E-state index is 5.49. The summed E-state index contributed by atoms with van der Waals surface area (Å²) in [6.45, 7) is 3.56. The molecule has 21 heavy (non-hydrogen) atoms. The molecule has 0 fully saturated rings. The van der Waals surface area contributed by atoms with Crippen LogP contribution >= 0.6 is 0 Å². The SMILES string of the molecule is Cc1ccc(C2=NOC(CNCc3cnnn3C)C2)cc1. The molecule has 6 heteroatoms. The summed E-state index contributed by atoms with van der Waals surface area (Å²) in [5.74, 6) is 0. The number of benzene rings is 1. The van der Waals surface area contributed by atoms with Crippen molar-refractivity contribution in [2.75, 3.05) is 6.54 Å². The molecule has 0 aliphatic carbocycles.